The van der Waals surface area contributed by atoms with Gasteiger partial charge in [0.15, 0.2) is 0 Å². The van der Waals surface area contributed by atoms with Gasteiger partial charge in [0.25, 0.3) is 0 Å². The van der Waals surface area contributed by atoms with Gasteiger partial charge in [-0.25, -0.2) is 8.78 Å². The predicted octanol–water partition coefficient (Wildman–Crippen LogP) is 3.31. The fourth-order valence-electron chi connectivity index (χ4n) is 2.22. The van der Waals surface area contributed by atoms with Crippen LogP contribution in [0.2, 0.25) is 0 Å². The number of hydrogen-bond acceptors (Lipinski definition) is 1. The van der Waals surface area contributed by atoms with Crippen molar-refractivity contribution in [3.8, 4) is 0 Å². The highest BCUT2D eigenvalue weighted by atomic mass is 19.1. The molecule has 16 heavy (non-hydrogen) atoms. The summed E-state index contributed by atoms with van der Waals surface area (Å²) in [5.41, 5.74) is 0.564. The van der Waals surface area contributed by atoms with E-state index in [1.807, 2.05) is 14.0 Å². The largest absolute Gasteiger partial charge is 0.316 e. The van der Waals surface area contributed by atoms with Crippen molar-refractivity contribution in [2.24, 2.45) is 5.92 Å². The van der Waals surface area contributed by atoms with Crippen LogP contribution in [0.5, 0.6) is 0 Å². The van der Waals surface area contributed by atoms with Crippen molar-refractivity contribution in [2.45, 2.75) is 32.7 Å². The molecule has 0 heterocycles. The van der Waals surface area contributed by atoms with E-state index in [0.717, 1.165) is 6.07 Å². The molecule has 0 aliphatic carbocycles. The third-order valence-corrected chi connectivity index (χ3v) is 3.04. The van der Waals surface area contributed by atoms with Crippen molar-refractivity contribution >= 4 is 0 Å². The summed E-state index contributed by atoms with van der Waals surface area (Å²) in [6.07, 6.45) is 0. The molecule has 3 heteroatoms. The van der Waals surface area contributed by atoms with Crippen LogP contribution in [0.1, 0.15) is 32.3 Å². The van der Waals surface area contributed by atoms with Crippen molar-refractivity contribution in [1.82, 2.24) is 5.32 Å². The first kappa shape index (κ1) is 13.1. The van der Waals surface area contributed by atoms with Gasteiger partial charge in [-0.15, -0.1) is 0 Å². The van der Waals surface area contributed by atoms with E-state index in [2.05, 4.69) is 19.2 Å². The Morgan fingerprint density at radius 2 is 1.75 bits per heavy atom. The average Bonchev–Trinajstić information content (AvgIpc) is 2.17. The van der Waals surface area contributed by atoms with Crippen molar-refractivity contribution in [3.63, 3.8) is 0 Å². The Morgan fingerprint density at radius 1 is 1.12 bits per heavy atom. The minimum Gasteiger partial charge on any atom is -0.316 e. The summed E-state index contributed by atoms with van der Waals surface area (Å²) in [4.78, 5) is 0. The van der Waals surface area contributed by atoms with Crippen LogP contribution >= 0.6 is 0 Å². The van der Waals surface area contributed by atoms with Gasteiger partial charge in [-0.3, -0.25) is 0 Å². The van der Waals surface area contributed by atoms with Crippen LogP contribution in [0.15, 0.2) is 18.2 Å². The standard InChI is InChI=1S/C13H19F2N/c1-8(2)13(16-4)9(3)11-6-5-10(14)7-12(11)15/h5-9,13,16H,1-4H3. The lowest BCUT2D eigenvalue weighted by molar-refractivity contribution is 0.369. The Morgan fingerprint density at radius 3 is 2.19 bits per heavy atom. The van der Waals surface area contributed by atoms with E-state index >= 15 is 0 Å². The topological polar surface area (TPSA) is 12.0 Å². The lowest BCUT2D eigenvalue weighted by atomic mass is 9.86. The second kappa shape index (κ2) is 5.39. The number of halogens is 2. The highest BCUT2D eigenvalue weighted by Gasteiger charge is 2.22. The molecule has 1 aromatic carbocycles. The summed E-state index contributed by atoms with van der Waals surface area (Å²) in [6.45, 7) is 6.12. The van der Waals surface area contributed by atoms with Crippen LogP contribution in [-0.4, -0.2) is 13.1 Å². The average molecular weight is 227 g/mol. The first-order valence-corrected chi connectivity index (χ1v) is 5.59. The molecule has 0 aliphatic heterocycles. The van der Waals surface area contributed by atoms with Gasteiger partial charge in [-0.1, -0.05) is 26.8 Å². The van der Waals surface area contributed by atoms with E-state index in [1.54, 1.807) is 0 Å². The molecule has 0 saturated carbocycles. The Kier molecular flexibility index (Phi) is 4.42. The summed E-state index contributed by atoms with van der Waals surface area (Å²) in [5, 5.41) is 3.18. The Hall–Kier alpha value is -0.960. The maximum absolute atomic E-state index is 13.6. The summed E-state index contributed by atoms with van der Waals surface area (Å²) in [6, 6.07) is 3.96. The fraction of sp³-hybridized carbons (Fsp3) is 0.538. The van der Waals surface area contributed by atoms with Crippen LogP contribution in [0, 0.1) is 17.6 Å². The zero-order valence-corrected chi connectivity index (χ0v) is 10.2. The molecule has 2 unspecified atom stereocenters. The zero-order valence-electron chi connectivity index (χ0n) is 10.2. The molecule has 0 aromatic heterocycles. The lowest BCUT2D eigenvalue weighted by Crippen LogP contribution is -2.35. The van der Waals surface area contributed by atoms with Crippen LogP contribution in [-0.2, 0) is 0 Å². The summed E-state index contributed by atoms with van der Waals surface area (Å²) < 4.78 is 26.4. The van der Waals surface area contributed by atoms with Gasteiger partial charge in [0, 0.05) is 12.1 Å². The highest BCUT2D eigenvalue weighted by Crippen LogP contribution is 2.26. The van der Waals surface area contributed by atoms with Crippen molar-refractivity contribution in [2.75, 3.05) is 7.05 Å². The molecule has 1 rings (SSSR count). The van der Waals surface area contributed by atoms with Crippen molar-refractivity contribution in [1.29, 1.82) is 0 Å². The number of hydrogen-bond donors (Lipinski definition) is 1. The zero-order chi connectivity index (χ0) is 12.3. The van der Waals surface area contributed by atoms with Crippen LogP contribution in [0.4, 0.5) is 8.78 Å². The third-order valence-electron chi connectivity index (χ3n) is 3.04. The van der Waals surface area contributed by atoms with Crippen molar-refractivity contribution < 1.29 is 8.78 Å². The maximum Gasteiger partial charge on any atom is 0.129 e. The van der Waals surface area contributed by atoms with Crippen molar-refractivity contribution in [3.05, 3.63) is 35.4 Å². The third kappa shape index (κ3) is 2.79. The molecule has 0 radical (unpaired) electrons. The predicted molar refractivity (Wildman–Crippen MR) is 62.5 cm³/mol. The number of benzene rings is 1. The lowest BCUT2D eigenvalue weighted by Gasteiger charge is -2.27. The molecule has 0 bridgehead atoms. The van der Waals surface area contributed by atoms with Gasteiger partial charge < -0.3 is 5.32 Å². The SMILES string of the molecule is CNC(C(C)C)C(C)c1ccc(F)cc1F. The van der Waals surface area contributed by atoms with Crippen LogP contribution in [0.25, 0.3) is 0 Å². The number of nitrogens with one attached hydrogen (secondary N) is 1. The second-order valence-electron chi connectivity index (χ2n) is 4.51. The van der Waals surface area contributed by atoms with Crippen LogP contribution in [0.3, 0.4) is 0 Å². The fourth-order valence-corrected chi connectivity index (χ4v) is 2.22. The van der Waals surface area contributed by atoms with Gasteiger partial charge >= 0.3 is 0 Å². The minimum absolute atomic E-state index is 0.0191. The molecule has 1 aromatic rings. The first-order valence-electron chi connectivity index (χ1n) is 5.59. The van der Waals surface area contributed by atoms with Gasteiger partial charge in [0.05, 0.1) is 0 Å². The maximum atomic E-state index is 13.6. The highest BCUT2D eigenvalue weighted by molar-refractivity contribution is 5.23. The van der Waals surface area contributed by atoms with Gasteiger partial charge in [0.1, 0.15) is 11.6 Å². The van der Waals surface area contributed by atoms with Crippen LogP contribution < -0.4 is 5.32 Å². The van der Waals surface area contributed by atoms with E-state index in [-0.39, 0.29) is 12.0 Å². The van der Waals surface area contributed by atoms with E-state index in [1.165, 1.54) is 12.1 Å². The molecular weight excluding hydrogens is 208 g/mol. The first-order chi connectivity index (χ1) is 7.47. The monoisotopic (exact) mass is 227 g/mol. The molecule has 1 nitrogen and oxygen atoms in total. The Balaban J connectivity index is 2.99. The molecule has 0 fully saturated rings. The summed E-state index contributed by atoms with van der Waals surface area (Å²) >= 11 is 0. The van der Waals surface area contributed by atoms with Gasteiger partial charge in [-0.2, -0.15) is 0 Å². The Bertz CT molecular complexity index is 350. The summed E-state index contributed by atoms with van der Waals surface area (Å²) in [5.74, 6) is -0.581. The van der Waals surface area contributed by atoms with E-state index in [9.17, 15) is 8.78 Å². The van der Waals surface area contributed by atoms with Gasteiger partial charge in [-0.05, 0) is 30.5 Å². The molecule has 0 aliphatic rings. The second-order valence-corrected chi connectivity index (χ2v) is 4.51. The molecule has 1 N–H and O–H groups in total. The quantitative estimate of drug-likeness (QED) is 0.832. The molecule has 0 spiro atoms. The molecular formula is C13H19F2N. The van der Waals surface area contributed by atoms with Gasteiger partial charge in [0.2, 0.25) is 0 Å². The molecule has 90 valence electrons. The number of likely N-dealkylation sites (N-methyl/N-ethyl adjacent to an activating group) is 1. The van der Waals surface area contributed by atoms with E-state index in [0.29, 0.717) is 11.5 Å². The van der Waals surface area contributed by atoms with E-state index in [4.69, 9.17) is 0 Å². The molecule has 0 saturated heterocycles. The molecule has 2 atom stereocenters. The molecule has 0 amide bonds. The minimum atomic E-state index is -0.529. The number of rotatable bonds is 4. The normalized spacial score (nSPS) is 15.2. The van der Waals surface area contributed by atoms with E-state index < -0.39 is 11.6 Å². The Labute approximate surface area is 95.9 Å². The smallest absolute Gasteiger partial charge is 0.129 e. The summed E-state index contributed by atoms with van der Waals surface area (Å²) in [7, 11) is 1.86.